The van der Waals surface area contributed by atoms with E-state index < -0.39 is 25.5 Å². The van der Waals surface area contributed by atoms with E-state index in [1.807, 2.05) is 19.6 Å². The summed E-state index contributed by atoms with van der Waals surface area (Å²) < 4.78 is 0. The molecule has 0 fully saturated rings. The Hall–Kier alpha value is -3.51. The number of ketones is 1. The number of Topliss-reactive ketones (excluding diaryl/α,β-unsaturated/α-hetero) is 1. The molecule has 168 valence electrons. The van der Waals surface area contributed by atoms with Crippen LogP contribution in [0, 0.1) is 22.8 Å². The van der Waals surface area contributed by atoms with Crippen LogP contribution >= 0.6 is 0 Å². The Morgan fingerprint density at radius 3 is 2.38 bits per heavy atom. The van der Waals surface area contributed by atoms with Gasteiger partial charge >= 0.3 is 5.97 Å². The van der Waals surface area contributed by atoms with Gasteiger partial charge in [0.2, 0.25) is 5.91 Å². The van der Waals surface area contributed by atoms with Crippen LogP contribution in [0.2, 0.25) is 19.6 Å². The lowest BCUT2D eigenvalue weighted by molar-refractivity contribution is -0.138. The highest BCUT2D eigenvalue weighted by molar-refractivity contribution is 6.83. The maximum absolute atomic E-state index is 13.2. The maximum Gasteiger partial charge on any atom is 0.304 e. The lowest BCUT2D eigenvalue weighted by Gasteiger charge is -2.28. The number of amidine groups is 1. The van der Waals surface area contributed by atoms with Crippen LogP contribution < -0.4 is 11.1 Å². The molecule has 0 saturated carbocycles. The highest BCUT2D eigenvalue weighted by Crippen LogP contribution is 2.32. The number of aliphatic carboxylic acids is 1. The number of carbonyl (C=O) groups is 3. The van der Waals surface area contributed by atoms with E-state index in [-0.39, 0.29) is 36.8 Å². The van der Waals surface area contributed by atoms with E-state index in [2.05, 4.69) is 21.8 Å². The molecule has 1 heterocycles. The first-order chi connectivity index (χ1) is 14.9. The van der Waals surface area contributed by atoms with Gasteiger partial charge in [0.25, 0.3) is 0 Å². The van der Waals surface area contributed by atoms with Gasteiger partial charge in [-0.2, -0.15) is 0 Å². The molecule has 0 spiro atoms. The zero-order chi connectivity index (χ0) is 23.9. The number of carbonyl (C=O) groups excluding carboxylic acids is 2. The van der Waals surface area contributed by atoms with Crippen LogP contribution in [0.1, 0.15) is 24.8 Å². The van der Waals surface area contributed by atoms with Gasteiger partial charge in [-0.15, -0.1) is 11.5 Å². The molecule has 0 aromatic heterocycles. The fourth-order valence-electron chi connectivity index (χ4n) is 3.14. The maximum atomic E-state index is 13.2. The summed E-state index contributed by atoms with van der Waals surface area (Å²) in [6.45, 7) is 6.11. The molecule has 5 N–H and O–H groups in total. The van der Waals surface area contributed by atoms with Crippen molar-refractivity contribution < 1.29 is 19.5 Å². The average molecular weight is 453 g/mol. The van der Waals surface area contributed by atoms with Gasteiger partial charge in [-0.3, -0.25) is 24.8 Å². The molecule has 2 atom stereocenters. The second-order valence-corrected chi connectivity index (χ2v) is 13.3. The van der Waals surface area contributed by atoms with Crippen LogP contribution in [0.4, 0.5) is 5.69 Å². The van der Waals surface area contributed by atoms with E-state index in [1.165, 1.54) is 6.21 Å². The third-order valence-corrected chi connectivity index (χ3v) is 5.66. The standard InChI is InChI=1S/C23H28N4O4Si/c1-32(2,3)14-11-17(15-21(30)31)23(12-4-13-26-23)19(28)9-10-20(29)27-18-7-5-16(6-8-18)22(24)25/h4-8,12-13,17H,9-10,15H2,1-3H3,(H3,24,25)(H,27,29)(H,30,31). The molecule has 1 aliphatic rings. The number of hydrogen-bond acceptors (Lipinski definition) is 5. The van der Waals surface area contributed by atoms with Crippen LogP contribution in [0.15, 0.2) is 41.4 Å². The van der Waals surface area contributed by atoms with Crippen molar-refractivity contribution in [2.45, 2.75) is 44.4 Å². The lowest BCUT2D eigenvalue weighted by Crippen LogP contribution is -2.42. The third kappa shape index (κ3) is 6.75. The number of nitrogens with one attached hydrogen (secondary N) is 2. The van der Waals surface area contributed by atoms with Crippen molar-refractivity contribution >= 4 is 43.5 Å². The second-order valence-electron chi connectivity index (χ2n) is 8.59. The summed E-state index contributed by atoms with van der Waals surface area (Å²) in [5, 5.41) is 19.5. The van der Waals surface area contributed by atoms with Gasteiger partial charge in [-0.05, 0) is 36.4 Å². The molecular formula is C23H28N4O4Si. The zero-order valence-corrected chi connectivity index (χ0v) is 19.4. The summed E-state index contributed by atoms with van der Waals surface area (Å²) in [5.41, 5.74) is 8.23. The van der Waals surface area contributed by atoms with E-state index in [4.69, 9.17) is 11.1 Å². The van der Waals surface area contributed by atoms with Crippen molar-refractivity contribution in [3.05, 3.63) is 42.0 Å². The van der Waals surface area contributed by atoms with Gasteiger partial charge in [0.15, 0.2) is 11.3 Å². The Balaban J connectivity index is 2.12. The Morgan fingerprint density at radius 2 is 1.88 bits per heavy atom. The molecule has 2 rings (SSSR count). The Kier molecular flexibility index (Phi) is 7.89. The van der Waals surface area contributed by atoms with Crippen LogP contribution in [0.3, 0.4) is 0 Å². The van der Waals surface area contributed by atoms with E-state index >= 15 is 0 Å². The number of aliphatic imine (C=N–C) groups is 1. The molecule has 8 nitrogen and oxygen atoms in total. The normalized spacial score (nSPS) is 17.8. The number of nitrogens with two attached hydrogens (primary N) is 1. The van der Waals surface area contributed by atoms with Gasteiger partial charge in [-0.1, -0.05) is 19.6 Å². The molecule has 32 heavy (non-hydrogen) atoms. The molecule has 1 aromatic rings. The SMILES string of the molecule is C[Si](C)(C)C#CC(CC(=O)O)C1(C(=O)CCC(=O)Nc2ccc(C(=N)N)cc2)C=CC=N1. The summed E-state index contributed by atoms with van der Waals surface area (Å²) >= 11 is 0. The number of nitrogen functional groups attached to an aromatic ring is 1. The van der Waals surface area contributed by atoms with Gasteiger partial charge in [0.05, 0.1) is 12.3 Å². The van der Waals surface area contributed by atoms with Crippen molar-refractivity contribution in [2.75, 3.05) is 5.32 Å². The molecule has 0 bridgehead atoms. The number of hydrogen-bond donors (Lipinski definition) is 4. The predicted octanol–water partition coefficient (Wildman–Crippen LogP) is 2.61. The minimum Gasteiger partial charge on any atom is -0.481 e. The van der Waals surface area contributed by atoms with Crippen molar-refractivity contribution in [1.29, 1.82) is 5.41 Å². The summed E-state index contributed by atoms with van der Waals surface area (Å²) in [4.78, 5) is 41.3. The van der Waals surface area contributed by atoms with Gasteiger partial charge in [-0.25, -0.2) is 0 Å². The van der Waals surface area contributed by atoms with E-state index in [0.29, 0.717) is 11.3 Å². The quantitative estimate of drug-likeness (QED) is 0.197. The second kappa shape index (κ2) is 10.2. The molecular weight excluding hydrogens is 424 g/mol. The predicted molar refractivity (Wildman–Crippen MR) is 128 cm³/mol. The number of rotatable bonds is 9. The average Bonchev–Trinajstić information content (AvgIpc) is 3.20. The fourth-order valence-corrected chi connectivity index (χ4v) is 3.75. The summed E-state index contributed by atoms with van der Waals surface area (Å²) in [6, 6.07) is 6.47. The number of nitrogens with zero attached hydrogens (tertiary/aromatic N) is 1. The van der Waals surface area contributed by atoms with E-state index in [0.717, 1.165) is 0 Å². The van der Waals surface area contributed by atoms with Crippen LogP contribution in [-0.2, 0) is 14.4 Å². The summed E-state index contributed by atoms with van der Waals surface area (Å²) in [6.07, 6.45) is 4.16. The Bertz CT molecular complexity index is 1010. The number of benzene rings is 1. The lowest BCUT2D eigenvalue weighted by atomic mass is 9.78. The molecule has 0 saturated heterocycles. The molecule has 1 aliphatic heterocycles. The highest BCUT2D eigenvalue weighted by atomic mass is 28.3. The molecule has 1 amide bonds. The number of allylic oxidation sites excluding steroid dienone is 1. The first-order valence-corrected chi connectivity index (χ1v) is 13.7. The van der Waals surface area contributed by atoms with Crippen LogP contribution in [0.5, 0.6) is 0 Å². The number of anilines is 1. The van der Waals surface area contributed by atoms with Gasteiger partial charge < -0.3 is 16.2 Å². The number of carboxylic acids is 1. The Morgan fingerprint density at radius 1 is 1.22 bits per heavy atom. The summed E-state index contributed by atoms with van der Waals surface area (Å²) in [5.74, 6) is 0.362. The number of carboxylic acid groups (broad SMARTS) is 1. The minimum absolute atomic E-state index is 0.0721. The highest BCUT2D eigenvalue weighted by Gasteiger charge is 2.44. The topological polar surface area (TPSA) is 146 Å². The van der Waals surface area contributed by atoms with Gasteiger partial charge in [0, 0.05) is 30.3 Å². The summed E-state index contributed by atoms with van der Waals surface area (Å²) in [7, 11) is -1.81. The smallest absolute Gasteiger partial charge is 0.304 e. The van der Waals surface area contributed by atoms with E-state index in [9.17, 15) is 19.5 Å². The first-order valence-electron chi connectivity index (χ1n) is 10.2. The minimum atomic E-state index is -1.81. The van der Waals surface area contributed by atoms with Crippen molar-refractivity contribution in [1.82, 2.24) is 0 Å². The fraction of sp³-hybridized carbons (Fsp3) is 0.348. The number of amides is 1. The monoisotopic (exact) mass is 452 g/mol. The Labute approximate surface area is 188 Å². The largest absolute Gasteiger partial charge is 0.481 e. The van der Waals surface area contributed by atoms with E-state index in [1.54, 1.807) is 36.4 Å². The molecule has 0 radical (unpaired) electrons. The van der Waals surface area contributed by atoms with Crippen LogP contribution in [0.25, 0.3) is 0 Å². The third-order valence-electron chi connectivity index (χ3n) is 4.76. The van der Waals surface area contributed by atoms with Crippen LogP contribution in [-0.4, -0.2) is 48.4 Å². The molecule has 0 aliphatic carbocycles. The first kappa shape index (κ1) is 24.8. The van der Waals surface area contributed by atoms with Crippen molar-refractivity contribution in [3.8, 4) is 11.5 Å². The van der Waals surface area contributed by atoms with Crippen molar-refractivity contribution in [2.24, 2.45) is 16.6 Å². The molecule has 2 unspecified atom stereocenters. The zero-order valence-electron chi connectivity index (χ0n) is 18.4. The van der Waals surface area contributed by atoms with Gasteiger partial charge in [0.1, 0.15) is 13.9 Å². The molecule has 1 aromatic carbocycles. The molecule has 9 heteroatoms. The van der Waals surface area contributed by atoms with Crippen molar-refractivity contribution in [3.63, 3.8) is 0 Å².